The Morgan fingerprint density at radius 1 is 1.07 bits per heavy atom. The van der Waals surface area contributed by atoms with Crippen molar-refractivity contribution in [3.8, 4) is 11.3 Å². The maximum Gasteiger partial charge on any atom is 0.194 e. The topological polar surface area (TPSA) is 130 Å². The van der Waals surface area contributed by atoms with Gasteiger partial charge in [-0.15, -0.1) is 5.10 Å². The molecule has 1 aliphatic heterocycles. The Morgan fingerprint density at radius 3 is 2.33 bits per heavy atom. The summed E-state index contributed by atoms with van der Waals surface area (Å²) in [6.07, 6.45) is -6.16. The van der Waals surface area contributed by atoms with Crippen molar-refractivity contribution in [2.24, 2.45) is 5.92 Å². The third-order valence-corrected chi connectivity index (χ3v) is 7.05. The average Bonchev–Trinajstić information content (AvgIpc) is 3.38. The number of aromatic nitrogens is 3. The molecule has 9 nitrogen and oxygen atoms in total. The lowest BCUT2D eigenvalue weighted by Gasteiger charge is -2.45. The van der Waals surface area contributed by atoms with Crippen molar-refractivity contribution in [3.63, 3.8) is 0 Å². The molecule has 13 heteroatoms. The van der Waals surface area contributed by atoms with E-state index in [2.05, 4.69) is 10.3 Å². The summed E-state index contributed by atoms with van der Waals surface area (Å²) in [6.45, 7) is 3.20. The standard InChI is InChI=1S/C27H31ClF3N3O6/c1-13(2)7-20(36)26(39-12-14-3-5-16(28)6-4-14)27-25(38)23(24(37)21(11-35)40-27)34-10-19(32-33-34)15-8-17(29)22(31)18(30)9-15/h3-6,8-10,13,20-21,23-27,35-38H,7,11-12H2,1-2H3/t20-,21?,23-,24-,25?,26+,27+/m0/s1. The Kier molecular flexibility index (Phi) is 9.83. The zero-order valence-electron chi connectivity index (χ0n) is 21.7. The van der Waals surface area contributed by atoms with Crippen molar-refractivity contribution in [2.75, 3.05) is 6.61 Å². The van der Waals surface area contributed by atoms with Crippen LogP contribution in [0.25, 0.3) is 11.3 Å². The largest absolute Gasteiger partial charge is 0.394 e. The first-order chi connectivity index (χ1) is 19.0. The van der Waals surface area contributed by atoms with Crippen LogP contribution in [-0.4, -0.2) is 78.7 Å². The van der Waals surface area contributed by atoms with Crippen LogP contribution in [0.5, 0.6) is 0 Å². The van der Waals surface area contributed by atoms with Crippen molar-refractivity contribution in [1.82, 2.24) is 15.0 Å². The van der Waals surface area contributed by atoms with Gasteiger partial charge in [-0.2, -0.15) is 0 Å². The maximum absolute atomic E-state index is 13.8. The van der Waals surface area contributed by atoms with Crippen LogP contribution in [0.4, 0.5) is 13.2 Å². The van der Waals surface area contributed by atoms with Gasteiger partial charge in [-0.3, -0.25) is 0 Å². The number of hydrogen-bond acceptors (Lipinski definition) is 8. The molecule has 0 amide bonds. The van der Waals surface area contributed by atoms with Crippen LogP contribution < -0.4 is 0 Å². The first kappa shape index (κ1) is 30.4. The molecule has 0 saturated carbocycles. The molecule has 1 saturated heterocycles. The Morgan fingerprint density at radius 2 is 1.73 bits per heavy atom. The quantitative estimate of drug-likeness (QED) is 0.267. The van der Waals surface area contributed by atoms with Crippen molar-refractivity contribution < 1.29 is 43.1 Å². The molecule has 2 aromatic carbocycles. The molecular formula is C27H31ClF3N3O6. The van der Waals surface area contributed by atoms with Crippen molar-refractivity contribution in [1.29, 1.82) is 0 Å². The number of aliphatic hydroxyl groups excluding tert-OH is 4. The van der Waals surface area contributed by atoms with Gasteiger partial charge >= 0.3 is 0 Å². The molecule has 40 heavy (non-hydrogen) atoms. The van der Waals surface area contributed by atoms with E-state index < -0.39 is 66.7 Å². The summed E-state index contributed by atoms with van der Waals surface area (Å²) in [6, 6.07) is 7.07. The zero-order chi connectivity index (χ0) is 29.1. The molecule has 1 fully saturated rings. The van der Waals surface area contributed by atoms with E-state index in [-0.39, 0.29) is 23.8 Å². The van der Waals surface area contributed by atoms with E-state index in [1.807, 2.05) is 13.8 Å². The highest BCUT2D eigenvalue weighted by Crippen LogP contribution is 2.35. The average molecular weight is 586 g/mol. The van der Waals surface area contributed by atoms with E-state index in [4.69, 9.17) is 21.1 Å². The number of hydrogen-bond donors (Lipinski definition) is 4. The number of rotatable bonds is 10. The van der Waals surface area contributed by atoms with Gasteiger partial charge in [0.2, 0.25) is 0 Å². The number of ether oxygens (including phenoxy) is 2. The van der Waals surface area contributed by atoms with Gasteiger partial charge in [0.05, 0.1) is 25.5 Å². The monoisotopic (exact) mass is 585 g/mol. The van der Waals surface area contributed by atoms with Crippen LogP contribution >= 0.6 is 11.6 Å². The Hall–Kier alpha value is -2.58. The van der Waals surface area contributed by atoms with Crippen molar-refractivity contribution in [2.45, 2.75) is 69.5 Å². The predicted molar refractivity (Wildman–Crippen MR) is 138 cm³/mol. The van der Waals surface area contributed by atoms with Gasteiger partial charge in [0.25, 0.3) is 0 Å². The van der Waals surface area contributed by atoms with Crippen LogP contribution in [0, 0.1) is 23.4 Å². The fourth-order valence-electron chi connectivity index (χ4n) is 4.79. The van der Waals surface area contributed by atoms with E-state index in [9.17, 15) is 33.6 Å². The van der Waals surface area contributed by atoms with E-state index in [1.54, 1.807) is 24.3 Å². The molecule has 2 unspecified atom stereocenters. The predicted octanol–water partition coefficient (Wildman–Crippen LogP) is 3.03. The molecule has 0 spiro atoms. The summed E-state index contributed by atoms with van der Waals surface area (Å²) >= 11 is 5.96. The normalized spacial score (nSPS) is 24.8. The van der Waals surface area contributed by atoms with Gasteiger partial charge in [0.15, 0.2) is 17.5 Å². The highest BCUT2D eigenvalue weighted by molar-refractivity contribution is 6.30. The molecule has 4 N–H and O–H groups in total. The number of aliphatic hydroxyl groups is 4. The summed E-state index contributed by atoms with van der Waals surface area (Å²) in [7, 11) is 0. The van der Waals surface area contributed by atoms with Crippen LogP contribution in [0.1, 0.15) is 31.9 Å². The molecule has 3 aromatic rings. The van der Waals surface area contributed by atoms with E-state index in [0.29, 0.717) is 11.4 Å². The minimum atomic E-state index is -1.63. The first-order valence-corrected chi connectivity index (χ1v) is 13.1. The Bertz CT molecular complexity index is 1260. The molecule has 0 aliphatic carbocycles. The third kappa shape index (κ3) is 6.65. The Balaban J connectivity index is 1.65. The zero-order valence-corrected chi connectivity index (χ0v) is 22.5. The fraction of sp³-hybridized carbons (Fsp3) is 0.481. The third-order valence-electron chi connectivity index (χ3n) is 6.80. The second-order valence-electron chi connectivity index (χ2n) is 10.2. The van der Waals surface area contributed by atoms with Gasteiger partial charge in [0.1, 0.15) is 42.3 Å². The second kappa shape index (κ2) is 12.9. The maximum atomic E-state index is 13.8. The molecule has 0 bridgehead atoms. The lowest BCUT2D eigenvalue weighted by molar-refractivity contribution is -0.250. The molecule has 2 heterocycles. The lowest BCUT2D eigenvalue weighted by Crippen LogP contribution is -2.61. The summed E-state index contributed by atoms with van der Waals surface area (Å²) in [5, 5.41) is 51.7. The minimum absolute atomic E-state index is 0.0375. The van der Waals surface area contributed by atoms with Gasteiger partial charge in [-0.25, -0.2) is 17.9 Å². The molecule has 1 aromatic heterocycles. The van der Waals surface area contributed by atoms with Crippen molar-refractivity contribution >= 4 is 11.6 Å². The van der Waals surface area contributed by atoms with E-state index >= 15 is 0 Å². The lowest BCUT2D eigenvalue weighted by atomic mass is 9.87. The van der Waals surface area contributed by atoms with Gasteiger partial charge in [0, 0.05) is 10.6 Å². The highest BCUT2D eigenvalue weighted by Gasteiger charge is 2.50. The molecular weight excluding hydrogens is 555 g/mol. The van der Waals surface area contributed by atoms with E-state index in [1.165, 1.54) is 6.20 Å². The summed E-state index contributed by atoms with van der Waals surface area (Å²) in [5.74, 6) is -4.42. The number of halogens is 4. The van der Waals surface area contributed by atoms with E-state index in [0.717, 1.165) is 22.4 Å². The van der Waals surface area contributed by atoms with Crippen LogP contribution in [0.2, 0.25) is 5.02 Å². The highest BCUT2D eigenvalue weighted by atomic mass is 35.5. The van der Waals surface area contributed by atoms with Crippen molar-refractivity contribution in [3.05, 3.63) is 70.6 Å². The van der Waals surface area contributed by atoms with Crippen LogP contribution in [-0.2, 0) is 16.1 Å². The summed E-state index contributed by atoms with van der Waals surface area (Å²) < 4.78 is 54.0. The molecule has 218 valence electrons. The van der Waals surface area contributed by atoms with Gasteiger partial charge < -0.3 is 29.9 Å². The summed E-state index contributed by atoms with van der Waals surface area (Å²) in [4.78, 5) is 0. The number of nitrogens with zero attached hydrogens (tertiary/aromatic N) is 3. The first-order valence-electron chi connectivity index (χ1n) is 12.7. The molecule has 1 aliphatic rings. The number of benzene rings is 2. The second-order valence-corrected chi connectivity index (χ2v) is 10.7. The summed E-state index contributed by atoms with van der Waals surface area (Å²) in [5.41, 5.74) is 0.563. The molecule has 4 rings (SSSR count). The molecule has 0 radical (unpaired) electrons. The molecule has 7 atom stereocenters. The SMILES string of the molecule is CC(C)C[C@H](O)[C@@H](OCc1ccc(Cl)cc1)[C@@H]1OC(CO)[C@H](O)[C@H](n2cc(-c3cc(F)c(F)c(F)c3)nn2)C1O. The van der Waals surface area contributed by atoms with Gasteiger partial charge in [-0.1, -0.05) is 42.8 Å². The van der Waals surface area contributed by atoms with Crippen LogP contribution in [0.3, 0.4) is 0 Å². The van der Waals surface area contributed by atoms with Crippen LogP contribution in [0.15, 0.2) is 42.6 Å². The minimum Gasteiger partial charge on any atom is -0.394 e. The Labute approximate surface area is 233 Å². The fourth-order valence-corrected chi connectivity index (χ4v) is 4.91. The van der Waals surface area contributed by atoms with Gasteiger partial charge in [-0.05, 0) is 42.2 Å². The smallest absolute Gasteiger partial charge is 0.194 e.